The largest absolute Gasteiger partial charge is 0.457 e. The van der Waals surface area contributed by atoms with Crippen LogP contribution in [0.4, 0.5) is 8.78 Å². The van der Waals surface area contributed by atoms with E-state index >= 15 is 8.78 Å². The van der Waals surface area contributed by atoms with E-state index in [1.165, 1.54) is 24.5 Å². The first-order chi connectivity index (χ1) is 22.1. The van der Waals surface area contributed by atoms with Gasteiger partial charge in [0.2, 0.25) is 11.4 Å². The molecule has 248 valence electrons. The molecule has 0 spiro atoms. The summed E-state index contributed by atoms with van der Waals surface area (Å²) in [5, 5.41) is 16.6. The molecule has 2 heterocycles. The second-order valence-corrected chi connectivity index (χ2v) is 15.2. The Kier molecular flexibility index (Phi) is 6.86. The molecular weight excluding hydrogens is 606 g/mol. The van der Waals surface area contributed by atoms with E-state index in [1.54, 1.807) is 58.5 Å². The summed E-state index contributed by atoms with van der Waals surface area (Å²) in [5.41, 5.74) is -5.62. The van der Waals surface area contributed by atoms with Gasteiger partial charge in [-0.25, -0.2) is 23.1 Å². The van der Waals surface area contributed by atoms with Gasteiger partial charge in [-0.05, 0) is 93.5 Å². The van der Waals surface area contributed by atoms with Gasteiger partial charge in [0.15, 0.2) is 5.67 Å². The Balaban J connectivity index is 1.35. The molecule has 4 aliphatic rings. The quantitative estimate of drug-likeness (QED) is 0.306. The number of aliphatic hydroxyl groups is 1. The van der Waals surface area contributed by atoms with Crippen molar-refractivity contribution in [3.05, 3.63) is 89.4 Å². The van der Waals surface area contributed by atoms with Gasteiger partial charge in [0, 0.05) is 22.7 Å². The topological polar surface area (TPSA) is 104 Å². The van der Waals surface area contributed by atoms with E-state index < -0.39 is 69.3 Å². The van der Waals surface area contributed by atoms with Crippen molar-refractivity contribution < 1.29 is 37.4 Å². The lowest BCUT2D eigenvalue weighted by Gasteiger charge is -2.61. The van der Waals surface area contributed by atoms with Crippen LogP contribution in [0, 0.1) is 28.6 Å². The number of hydrogen-bond acceptors (Lipinski definition) is 7. The Morgan fingerprint density at radius 2 is 1.85 bits per heavy atom. The number of allylic oxidation sites excluding steroid dienone is 3. The number of fused-ring (bicyclic) bond motifs is 6. The fraction of sp³-hybridized carbons (Fsp3) is 0.486. The SMILES string of the molecule is C[C@@H]1CC2C3C=C(F)C4=Cc5c(cnn5-c5ccccc5)C[C@]4(C)[C@@]3(F)C(O)C[C@]2(C)[C@@]1(OC(=O)c1ccco1)C(=O)OC(C)(C)C. The molecule has 3 aromatic rings. The van der Waals surface area contributed by atoms with Gasteiger partial charge < -0.3 is 19.0 Å². The van der Waals surface area contributed by atoms with E-state index in [0.717, 1.165) is 11.3 Å². The summed E-state index contributed by atoms with van der Waals surface area (Å²) in [7, 11) is 0. The number of carbonyl (C=O) groups excluding carboxylic acids is 2. The molecule has 0 amide bonds. The maximum atomic E-state index is 18.3. The van der Waals surface area contributed by atoms with E-state index in [-0.39, 0.29) is 30.6 Å². The zero-order valence-corrected chi connectivity index (χ0v) is 27.4. The van der Waals surface area contributed by atoms with Crippen molar-refractivity contribution in [2.24, 2.45) is 28.6 Å². The Labute approximate surface area is 272 Å². The Morgan fingerprint density at radius 3 is 2.51 bits per heavy atom. The highest BCUT2D eigenvalue weighted by Gasteiger charge is 2.78. The fourth-order valence-electron chi connectivity index (χ4n) is 9.32. The Hall–Kier alpha value is -4.05. The molecule has 4 aliphatic carbocycles. The third-order valence-electron chi connectivity index (χ3n) is 11.4. The highest BCUT2D eigenvalue weighted by Crippen LogP contribution is 2.71. The minimum Gasteiger partial charge on any atom is -0.457 e. The predicted octanol–water partition coefficient (Wildman–Crippen LogP) is 6.97. The van der Waals surface area contributed by atoms with Gasteiger partial charge >= 0.3 is 11.9 Å². The summed E-state index contributed by atoms with van der Waals surface area (Å²) in [6, 6.07) is 12.4. The molecule has 0 bridgehead atoms. The molecule has 0 radical (unpaired) electrons. The zero-order valence-electron chi connectivity index (χ0n) is 27.4. The molecule has 0 saturated heterocycles. The number of aromatic nitrogens is 2. The normalized spacial score (nSPS) is 35.9. The van der Waals surface area contributed by atoms with E-state index in [2.05, 4.69) is 5.10 Å². The van der Waals surface area contributed by atoms with E-state index in [1.807, 2.05) is 30.3 Å². The van der Waals surface area contributed by atoms with Crippen LogP contribution in [0.1, 0.15) is 76.2 Å². The summed E-state index contributed by atoms with van der Waals surface area (Å²) in [6.07, 6.45) is 4.38. The number of halogens is 2. The predicted molar refractivity (Wildman–Crippen MR) is 169 cm³/mol. The first-order valence-electron chi connectivity index (χ1n) is 16.2. The van der Waals surface area contributed by atoms with Gasteiger partial charge in [0.05, 0.1) is 29.9 Å². The standard InChI is InChI=1S/C37H40F2N2O6/c1-21-15-24-25-16-27(38)26-17-28-22(20-40-41(28)23-11-8-7-9-12-23)18-34(26,5)36(25,39)30(42)19-35(24,6)37(21,32(44)47-33(2,3)4)46-31(43)29-13-10-14-45-29/h7-14,16-17,20-21,24-25,30,42H,15,18-19H2,1-6H3/t21-,24?,25?,30?,34+,35+,36+,37+/m1/s1. The van der Waals surface area contributed by atoms with Crippen LogP contribution in [-0.4, -0.2) is 49.8 Å². The number of esters is 2. The third kappa shape index (κ3) is 4.22. The molecule has 10 heteroatoms. The monoisotopic (exact) mass is 646 g/mol. The lowest BCUT2D eigenvalue weighted by Crippen LogP contribution is -2.70. The maximum Gasteiger partial charge on any atom is 0.375 e. The smallest absolute Gasteiger partial charge is 0.375 e. The average Bonchev–Trinajstić information content (AvgIpc) is 3.73. The van der Waals surface area contributed by atoms with Gasteiger partial charge in [0.1, 0.15) is 11.4 Å². The molecule has 1 aromatic carbocycles. The summed E-state index contributed by atoms with van der Waals surface area (Å²) >= 11 is 0. The van der Waals surface area contributed by atoms with Gasteiger partial charge in [-0.1, -0.05) is 39.0 Å². The summed E-state index contributed by atoms with van der Waals surface area (Å²) in [6.45, 7) is 10.3. The summed E-state index contributed by atoms with van der Waals surface area (Å²) in [4.78, 5) is 27.8. The minimum absolute atomic E-state index is 0.107. The van der Waals surface area contributed by atoms with Gasteiger partial charge in [-0.15, -0.1) is 0 Å². The van der Waals surface area contributed by atoms with E-state index in [4.69, 9.17) is 13.9 Å². The zero-order chi connectivity index (χ0) is 33.7. The number of alkyl halides is 1. The lowest BCUT2D eigenvalue weighted by molar-refractivity contribution is -0.227. The number of benzene rings is 1. The molecule has 8 atom stereocenters. The van der Waals surface area contributed by atoms with Crippen molar-refractivity contribution >= 4 is 18.0 Å². The molecule has 2 aromatic heterocycles. The molecule has 0 aliphatic heterocycles. The van der Waals surface area contributed by atoms with Gasteiger partial charge in [-0.3, -0.25) is 0 Å². The number of aliphatic hydroxyl groups excluding tert-OH is 1. The first kappa shape index (κ1) is 31.5. The van der Waals surface area contributed by atoms with Crippen molar-refractivity contribution in [2.75, 3.05) is 0 Å². The number of furan rings is 1. The van der Waals surface area contributed by atoms with E-state index in [9.17, 15) is 14.7 Å². The average molecular weight is 647 g/mol. The Morgan fingerprint density at radius 1 is 1.13 bits per heavy atom. The minimum atomic E-state index is -2.32. The van der Waals surface area contributed by atoms with E-state index in [0.29, 0.717) is 5.69 Å². The molecule has 1 N–H and O–H groups in total. The van der Waals surface area contributed by atoms with Crippen LogP contribution in [0.2, 0.25) is 0 Å². The van der Waals surface area contributed by atoms with Gasteiger partial charge in [0.25, 0.3) is 0 Å². The molecule has 2 saturated carbocycles. The fourth-order valence-corrected chi connectivity index (χ4v) is 9.32. The van der Waals surface area contributed by atoms with Crippen molar-refractivity contribution in [2.45, 2.75) is 83.8 Å². The third-order valence-corrected chi connectivity index (χ3v) is 11.4. The number of nitrogens with zero attached hydrogens (tertiary/aromatic N) is 2. The molecule has 7 rings (SSSR count). The van der Waals surface area contributed by atoms with Crippen LogP contribution in [-0.2, 0) is 20.7 Å². The van der Waals surface area contributed by atoms with Crippen LogP contribution in [0.5, 0.6) is 0 Å². The van der Waals surface area contributed by atoms with Crippen LogP contribution in [0.25, 0.3) is 11.8 Å². The lowest BCUT2D eigenvalue weighted by atomic mass is 9.45. The van der Waals surface area contributed by atoms with Crippen LogP contribution in [0.15, 0.2) is 76.8 Å². The molecule has 47 heavy (non-hydrogen) atoms. The number of para-hydroxylation sites is 1. The highest BCUT2D eigenvalue weighted by atomic mass is 19.1. The van der Waals surface area contributed by atoms with Crippen molar-refractivity contribution in [1.82, 2.24) is 9.78 Å². The number of carbonyl (C=O) groups is 2. The van der Waals surface area contributed by atoms with Gasteiger partial charge in [-0.2, -0.15) is 5.10 Å². The van der Waals surface area contributed by atoms with Crippen LogP contribution < -0.4 is 0 Å². The molecular formula is C37H40F2N2O6. The number of rotatable bonds is 4. The molecule has 8 nitrogen and oxygen atoms in total. The van der Waals surface area contributed by atoms with Crippen LogP contribution >= 0.6 is 0 Å². The maximum absolute atomic E-state index is 18.3. The molecule has 2 fully saturated rings. The second-order valence-electron chi connectivity index (χ2n) is 15.2. The van der Waals surface area contributed by atoms with Crippen molar-refractivity contribution in [3.8, 4) is 5.69 Å². The van der Waals surface area contributed by atoms with Crippen molar-refractivity contribution in [3.63, 3.8) is 0 Å². The second kappa shape index (κ2) is 10.2. The first-order valence-corrected chi connectivity index (χ1v) is 16.2. The summed E-state index contributed by atoms with van der Waals surface area (Å²) < 4.78 is 53.9. The Bertz CT molecular complexity index is 1810. The molecule has 3 unspecified atom stereocenters. The summed E-state index contributed by atoms with van der Waals surface area (Å²) in [5.74, 6) is -4.85. The van der Waals surface area contributed by atoms with Crippen molar-refractivity contribution in [1.29, 1.82) is 0 Å². The number of hydrogen-bond donors (Lipinski definition) is 1. The highest BCUT2D eigenvalue weighted by molar-refractivity contribution is 5.91. The number of ether oxygens (including phenoxy) is 2. The van der Waals surface area contributed by atoms with Crippen LogP contribution in [0.3, 0.4) is 0 Å².